The third-order valence-corrected chi connectivity index (χ3v) is 3.89. The van der Waals surface area contributed by atoms with Crippen LogP contribution in [0.4, 0.5) is 0 Å². The summed E-state index contributed by atoms with van der Waals surface area (Å²) in [5, 5.41) is 9.02. The molecular weight excluding hydrogens is 314 g/mol. The van der Waals surface area contributed by atoms with Gasteiger partial charge in [0.05, 0.1) is 17.1 Å². The number of benzene rings is 1. The Hall–Kier alpha value is -3.35. The Kier molecular flexibility index (Phi) is 3.61. The molecule has 7 heteroatoms. The molecule has 7 nitrogen and oxygen atoms in total. The topological polar surface area (TPSA) is 73.8 Å². The number of aromatic nitrogens is 7. The van der Waals surface area contributed by atoms with Crippen molar-refractivity contribution in [2.24, 2.45) is 0 Å². The fourth-order valence-electron chi connectivity index (χ4n) is 2.63. The largest absolute Gasteiger partial charge is 0.256 e. The maximum atomic E-state index is 4.53. The van der Waals surface area contributed by atoms with Crippen LogP contribution in [0.3, 0.4) is 0 Å². The van der Waals surface area contributed by atoms with E-state index in [1.165, 1.54) is 0 Å². The van der Waals surface area contributed by atoms with Gasteiger partial charge in [0.15, 0.2) is 17.3 Å². The number of hydrogen-bond donors (Lipinski definition) is 0. The van der Waals surface area contributed by atoms with Crippen molar-refractivity contribution in [2.75, 3.05) is 0 Å². The lowest BCUT2D eigenvalue weighted by atomic mass is 10.3. The minimum absolute atomic E-state index is 0.605. The van der Waals surface area contributed by atoms with E-state index in [2.05, 4.69) is 25.1 Å². The number of para-hydroxylation sites is 1. The minimum Gasteiger partial charge on any atom is -0.256 e. The van der Waals surface area contributed by atoms with E-state index in [1.54, 1.807) is 10.7 Å². The molecule has 0 N–H and O–H groups in total. The number of hydrogen-bond acceptors (Lipinski definition) is 5. The Labute approximate surface area is 144 Å². The maximum absolute atomic E-state index is 4.53. The number of rotatable bonds is 3. The summed E-state index contributed by atoms with van der Waals surface area (Å²) in [6.07, 6.45) is 5.42. The van der Waals surface area contributed by atoms with E-state index in [0.717, 1.165) is 28.5 Å². The van der Waals surface area contributed by atoms with Crippen LogP contribution in [0.15, 0.2) is 36.5 Å². The van der Waals surface area contributed by atoms with Crippen LogP contribution in [0.5, 0.6) is 0 Å². The van der Waals surface area contributed by atoms with Gasteiger partial charge >= 0.3 is 0 Å². The molecule has 0 aliphatic heterocycles. The van der Waals surface area contributed by atoms with Gasteiger partial charge in [0.2, 0.25) is 0 Å². The molecule has 1 aromatic carbocycles. The number of aryl methyl sites for hydroxylation is 3. The van der Waals surface area contributed by atoms with Crippen LogP contribution < -0.4 is 0 Å². The van der Waals surface area contributed by atoms with Crippen molar-refractivity contribution in [2.45, 2.75) is 20.8 Å². The zero-order valence-corrected chi connectivity index (χ0v) is 14.2. The first-order valence-electron chi connectivity index (χ1n) is 7.98. The Balaban J connectivity index is 1.67. The van der Waals surface area contributed by atoms with Crippen molar-refractivity contribution in [3.05, 3.63) is 65.4 Å². The smallest absolute Gasteiger partial charge is 0.177 e. The van der Waals surface area contributed by atoms with E-state index in [4.69, 9.17) is 0 Å². The third-order valence-electron chi connectivity index (χ3n) is 3.89. The van der Waals surface area contributed by atoms with E-state index in [9.17, 15) is 0 Å². The minimum atomic E-state index is 0.605. The van der Waals surface area contributed by atoms with Gasteiger partial charge in [-0.1, -0.05) is 18.2 Å². The van der Waals surface area contributed by atoms with Crippen LogP contribution in [0, 0.1) is 20.8 Å². The summed E-state index contributed by atoms with van der Waals surface area (Å²) in [5.41, 5.74) is 3.53. The van der Waals surface area contributed by atoms with Gasteiger partial charge in [-0.2, -0.15) is 0 Å². The van der Waals surface area contributed by atoms with Crippen LogP contribution in [-0.2, 0) is 0 Å². The highest BCUT2D eigenvalue weighted by Gasteiger charge is 2.08. The van der Waals surface area contributed by atoms with Crippen molar-refractivity contribution in [3.8, 4) is 5.69 Å². The lowest BCUT2D eigenvalue weighted by molar-refractivity contribution is 0.838. The third kappa shape index (κ3) is 2.80. The lowest BCUT2D eigenvalue weighted by Crippen LogP contribution is -1.98. The fourth-order valence-corrected chi connectivity index (χ4v) is 2.63. The Bertz CT molecular complexity index is 1030. The molecule has 4 aromatic rings. The van der Waals surface area contributed by atoms with Crippen LogP contribution in [0.1, 0.15) is 28.9 Å². The highest BCUT2D eigenvalue weighted by molar-refractivity contribution is 5.64. The van der Waals surface area contributed by atoms with Gasteiger partial charge in [-0.05, 0) is 45.1 Å². The average Bonchev–Trinajstić information content (AvgIpc) is 3.22. The molecule has 3 aromatic heterocycles. The van der Waals surface area contributed by atoms with Crippen molar-refractivity contribution >= 4 is 17.8 Å². The van der Waals surface area contributed by atoms with Crippen molar-refractivity contribution < 1.29 is 0 Å². The summed E-state index contributed by atoms with van der Waals surface area (Å²) >= 11 is 0. The van der Waals surface area contributed by atoms with Gasteiger partial charge in [0.1, 0.15) is 5.82 Å². The second-order valence-corrected chi connectivity index (χ2v) is 5.79. The van der Waals surface area contributed by atoms with E-state index in [1.807, 2.05) is 67.9 Å². The highest BCUT2D eigenvalue weighted by atomic mass is 15.3. The van der Waals surface area contributed by atoms with Crippen molar-refractivity contribution in [1.82, 2.24) is 34.3 Å². The molecule has 0 amide bonds. The molecule has 0 unspecified atom stereocenters. The van der Waals surface area contributed by atoms with Gasteiger partial charge in [-0.3, -0.25) is 4.98 Å². The van der Waals surface area contributed by atoms with Crippen molar-refractivity contribution in [3.63, 3.8) is 0 Å². The fraction of sp³-hybridized carbons (Fsp3) is 0.167. The highest BCUT2D eigenvalue weighted by Crippen LogP contribution is 2.12. The maximum Gasteiger partial charge on any atom is 0.177 e. The molecule has 0 aliphatic carbocycles. The molecule has 0 fully saturated rings. The van der Waals surface area contributed by atoms with E-state index >= 15 is 0 Å². The molecule has 0 saturated heterocycles. The summed E-state index contributed by atoms with van der Waals surface area (Å²) in [4.78, 5) is 13.3. The van der Waals surface area contributed by atoms with Gasteiger partial charge in [-0.25, -0.2) is 19.2 Å². The Morgan fingerprint density at radius 1 is 0.880 bits per heavy atom. The van der Waals surface area contributed by atoms with E-state index in [0.29, 0.717) is 11.6 Å². The zero-order valence-electron chi connectivity index (χ0n) is 14.2. The van der Waals surface area contributed by atoms with Crippen LogP contribution in [0.25, 0.3) is 23.5 Å². The summed E-state index contributed by atoms with van der Waals surface area (Å²) < 4.78 is 3.61. The van der Waals surface area contributed by atoms with Gasteiger partial charge in [-0.15, -0.1) is 10.2 Å². The normalized spacial score (nSPS) is 11.6. The summed E-state index contributed by atoms with van der Waals surface area (Å²) in [5.74, 6) is 2.05. The first-order valence-corrected chi connectivity index (χ1v) is 7.98. The molecule has 4 rings (SSSR count). The van der Waals surface area contributed by atoms with E-state index in [-0.39, 0.29) is 0 Å². The van der Waals surface area contributed by atoms with Crippen LogP contribution >= 0.6 is 0 Å². The predicted octanol–water partition coefficient (Wildman–Crippen LogP) is 2.80. The monoisotopic (exact) mass is 331 g/mol. The summed E-state index contributed by atoms with van der Waals surface area (Å²) in [7, 11) is 0. The molecule has 0 spiro atoms. The summed E-state index contributed by atoms with van der Waals surface area (Å²) in [6.45, 7) is 5.80. The molecule has 25 heavy (non-hydrogen) atoms. The summed E-state index contributed by atoms with van der Waals surface area (Å²) in [6, 6.07) is 9.93. The average molecular weight is 331 g/mol. The molecule has 0 saturated carbocycles. The first-order chi connectivity index (χ1) is 12.1. The van der Waals surface area contributed by atoms with Gasteiger partial charge in [0, 0.05) is 6.20 Å². The number of fused-ring (bicyclic) bond motifs is 1. The Morgan fingerprint density at radius 2 is 1.60 bits per heavy atom. The quantitative estimate of drug-likeness (QED) is 0.577. The first kappa shape index (κ1) is 15.2. The Morgan fingerprint density at radius 3 is 2.32 bits per heavy atom. The molecule has 0 bridgehead atoms. The second-order valence-electron chi connectivity index (χ2n) is 5.79. The van der Waals surface area contributed by atoms with Gasteiger partial charge in [0.25, 0.3) is 0 Å². The van der Waals surface area contributed by atoms with E-state index < -0.39 is 0 Å². The standard InChI is InChI=1S/C18H17N7/c1-12-11-19-13(2)18-21-17(22-24(12)18)10-9-16-20-14(3)25(23-16)15-7-5-4-6-8-15/h4-11H,1-3H3/b10-9+. The molecule has 0 atom stereocenters. The predicted molar refractivity (Wildman–Crippen MR) is 95.3 cm³/mol. The molecule has 124 valence electrons. The zero-order chi connectivity index (χ0) is 17.4. The van der Waals surface area contributed by atoms with Crippen molar-refractivity contribution in [1.29, 1.82) is 0 Å². The molecule has 3 heterocycles. The van der Waals surface area contributed by atoms with Crippen LogP contribution in [-0.4, -0.2) is 34.3 Å². The van der Waals surface area contributed by atoms with Gasteiger partial charge < -0.3 is 0 Å². The van der Waals surface area contributed by atoms with Crippen LogP contribution in [0.2, 0.25) is 0 Å². The second kappa shape index (κ2) is 5.94. The number of nitrogens with zero attached hydrogens (tertiary/aromatic N) is 7. The molecular formula is C18H17N7. The molecule has 0 aliphatic rings. The molecule has 0 radical (unpaired) electrons. The SMILES string of the molecule is Cc1ncc(C)n2nc(/C=C/c3nc(C)n(-c4ccccc4)n3)nc12. The lowest BCUT2D eigenvalue weighted by Gasteiger charge is -2.00.